The van der Waals surface area contributed by atoms with Crippen molar-refractivity contribution in [1.29, 1.82) is 0 Å². The number of hydrogen-bond acceptors (Lipinski definition) is 3. The number of alkyl halides is 4. The van der Waals surface area contributed by atoms with E-state index in [2.05, 4.69) is 9.97 Å². The van der Waals surface area contributed by atoms with Gasteiger partial charge in [-0.25, -0.2) is 18.7 Å². The van der Waals surface area contributed by atoms with Crippen LogP contribution in [0.4, 0.5) is 17.6 Å². The Kier molecular flexibility index (Phi) is 2.61. The van der Waals surface area contributed by atoms with Gasteiger partial charge in [0.2, 0.25) is 5.82 Å². The highest BCUT2D eigenvalue weighted by molar-refractivity contribution is 6.31. The highest BCUT2D eigenvalue weighted by Gasteiger charge is 2.48. The largest absolute Gasteiger partial charge is 0.426 e. The molecule has 0 atom stereocenters. The fourth-order valence-corrected chi connectivity index (χ4v) is 1.39. The Labute approximate surface area is 96.4 Å². The molecule has 2 rings (SSSR count). The molecule has 0 saturated heterocycles. The summed E-state index contributed by atoms with van der Waals surface area (Å²) in [5.74, 6) is -6.04. The van der Waals surface area contributed by atoms with Crippen LogP contribution in [0.15, 0.2) is 12.3 Å². The van der Waals surface area contributed by atoms with Crippen LogP contribution in [0.2, 0.25) is 5.02 Å². The Morgan fingerprint density at radius 2 is 2.06 bits per heavy atom. The third-order valence-electron chi connectivity index (χ3n) is 2.03. The maximum atomic E-state index is 13.0. The quantitative estimate of drug-likeness (QED) is 0.674. The monoisotopic (exact) mass is 269 g/mol. The third-order valence-corrected chi connectivity index (χ3v) is 2.23. The predicted octanol–water partition coefficient (Wildman–Crippen LogP) is 2.68. The first-order chi connectivity index (χ1) is 7.84. The van der Waals surface area contributed by atoms with Gasteiger partial charge in [-0.15, -0.1) is 0 Å². The minimum atomic E-state index is -4.57. The molecule has 0 aliphatic rings. The third kappa shape index (κ3) is 1.78. The number of fused-ring (bicyclic) bond motifs is 1. The molecule has 92 valence electrons. The van der Waals surface area contributed by atoms with Crippen molar-refractivity contribution in [2.24, 2.45) is 0 Å². The fourth-order valence-electron chi connectivity index (χ4n) is 1.24. The molecule has 0 unspecified atom stereocenters. The number of halogens is 5. The molecule has 2 heterocycles. The molecular weight excluding hydrogens is 266 g/mol. The van der Waals surface area contributed by atoms with Crippen LogP contribution in [0.1, 0.15) is 5.82 Å². The number of hydrogen-bond donors (Lipinski definition) is 1. The van der Waals surface area contributed by atoms with Crippen LogP contribution in [0.25, 0.3) is 11.2 Å². The molecule has 4 nitrogen and oxygen atoms in total. The molecule has 2 aromatic heterocycles. The molecule has 0 aromatic carbocycles. The van der Waals surface area contributed by atoms with E-state index in [0.717, 1.165) is 12.3 Å². The second-order valence-electron chi connectivity index (χ2n) is 3.17. The van der Waals surface area contributed by atoms with E-state index >= 15 is 0 Å². The lowest BCUT2D eigenvalue weighted by atomic mass is 10.3. The first-order valence-corrected chi connectivity index (χ1v) is 4.61. The highest BCUT2D eigenvalue weighted by Crippen LogP contribution is 2.34. The van der Waals surface area contributed by atoms with E-state index in [1.165, 1.54) is 0 Å². The van der Waals surface area contributed by atoms with Gasteiger partial charge in [0.05, 0.1) is 5.02 Å². The van der Waals surface area contributed by atoms with E-state index in [9.17, 15) is 22.8 Å². The van der Waals surface area contributed by atoms with Crippen molar-refractivity contribution in [3.63, 3.8) is 0 Å². The molecule has 0 amide bonds. The van der Waals surface area contributed by atoms with Gasteiger partial charge in [-0.3, -0.25) is 0 Å². The summed E-state index contributed by atoms with van der Waals surface area (Å²) in [6.45, 7) is 0. The lowest BCUT2D eigenvalue weighted by molar-refractivity contribution is -0.148. The van der Waals surface area contributed by atoms with E-state index in [0.29, 0.717) is 0 Å². The van der Waals surface area contributed by atoms with Gasteiger partial charge in [-0.1, -0.05) is 11.6 Å². The van der Waals surface area contributed by atoms with Crippen LogP contribution in [-0.2, 0) is 5.92 Å². The summed E-state index contributed by atoms with van der Waals surface area (Å²) < 4.78 is 50.2. The second kappa shape index (κ2) is 3.73. The van der Waals surface area contributed by atoms with Crippen LogP contribution in [0.5, 0.6) is 0 Å². The minimum absolute atomic E-state index is 0.0552. The molecule has 0 bridgehead atoms. The Hall–Kier alpha value is -1.57. The van der Waals surface area contributed by atoms with Gasteiger partial charge in [-0.05, 0) is 6.07 Å². The summed E-state index contributed by atoms with van der Waals surface area (Å²) in [5.41, 5.74) is -0.569. The maximum Gasteiger partial charge on any atom is 0.367 e. The molecular formula is C8H4ClF4N3O. The average Bonchev–Trinajstić information content (AvgIpc) is 2.56. The van der Waals surface area contributed by atoms with Crippen molar-refractivity contribution in [2.45, 2.75) is 12.3 Å². The van der Waals surface area contributed by atoms with Crippen LogP contribution < -0.4 is 0 Å². The summed E-state index contributed by atoms with van der Waals surface area (Å²) in [6, 6.07) is 1.09. The van der Waals surface area contributed by atoms with Gasteiger partial charge < -0.3 is 5.21 Å². The van der Waals surface area contributed by atoms with Crippen LogP contribution >= 0.6 is 11.6 Å². The molecule has 0 aliphatic carbocycles. The number of nitrogens with zero attached hydrogens (tertiary/aromatic N) is 3. The van der Waals surface area contributed by atoms with Crippen LogP contribution in [0.3, 0.4) is 0 Å². The SMILES string of the molecule is On1c(C(F)(F)C(F)F)nc2ncc(Cl)cc21. The summed E-state index contributed by atoms with van der Waals surface area (Å²) >= 11 is 5.53. The van der Waals surface area contributed by atoms with E-state index in [4.69, 9.17) is 11.6 Å². The zero-order valence-corrected chi connectivity index (χ0v) is 8.67. The fraction of sp³-hybridized carbons (Fsp3) is 0.250. The molecule has 0 radical (unpaired) electrons. The number of pyridine rings is 1. The molecule has 0 fully saturated rings. The standard InChI is InChI=1S/C8H4ClF4N3O/c9-3-1-4-5(14-2-3)15-7(16(4)17)8(12,13)6(10)11/h1-2,6,17H. The number of rotatable bonds is 2. The van der Waals surface area contributed by atoms with Crippen molar-refractivity contribution in [1.82, 2.24) is 14.7 Å². The van der Waals surface area contributed by atoms with E-state index in [1.807, 2.05) is 0 Å². The number of imidazole rings is 1. The van der Waals surface area contributed by atoms with Crippen molar-refractivity contribution < 1.29 is 22.8 Å². The van der Waals surface area contributed by atoms with Gasteiger partial charge in [0.25, 0.3) is 0 Å². The van der Waals surface area contributed by atoms with E-state index in [-0.39, 0.29) is 20.9 Å². The average molecular weight is 270 g/mol. The Morgan fingerprint density at radius 3 is 2.65 bits per heavy atom. The van der Waals surface area contributed by atoms with Crippen LogP contribution in [-0.4, -0.2) is 26.3 Å². The second-order valence-corrected chi connectivity index (χ2v) is 3.60. The lowest BCUT2D eigenvalue weighted by Crippen LogP contribution is -2.27. The van der Waals surface area contributed by atoms with Gasteiger partial charge in [-0.2, -0.15) is 13.5 Å². The maximum absolute atomic E-state index is 13.0. The van der Waals surface area contributed by atoms with E-state index < -0.39 is 18.2 Å². The Morgan fingerprint density at radius 1 is 1.41 bits per heavy atom. The molecule has 0 spiro atoms. The molecule has 0 saturated carbocycles. The summed E-state index contributed by atoms with van der Waals surface area (Å²) in [4.78, 5) is 6.69. The minimum Gasteiger partial charge on any atom is -0.426 e. The normalized spacial score (nSPS) is 12.6. The zero-order chi connectivity index (χ0) is 12.8. The summed E-state index contributed by atoms with van der Waals surface area (Å²) in [7, 11) is 0. The molecule has 9 heteroatoms. The highest BCUT2D eigenvalue weighted by atomic mass is 35.5. The van der Waals surface area contributed by atoms with Gasteiger partial charge in [0.1, 0.15) is 5.52 Å². The lowest BCUT2D eigenvalue weighted by Gasteiger charge is -2.13. The predicted molar refractivity (Wildman–Crippen MR) is 49.6 cm³/mol. The molecule has 1 N–H and O–H groups in total. The topological polar surface area (TPSA) is 50.9 Å². The smallest absolute Gasteiger partial charge is 0.367 e. The van der Waals surface area contributed by atoms with Crippen molar-refractivity contribution in [2.75, 3.05) is 0 Å². The Balaban J connectivity index is 2.68. The van der Waals surface area contributed by atoms with Gasteiger partial charge >= 0.3 is 12.3 Å². The molecule has 0 aliphatic heterocycles. The van der Waals surface area contributed by atoms with E-state index in [1.54, 1.807) is 0 Å². The van der Waals surface area contributed by atoms with Crippen LogP contribution in [0, 0.1) is 0 Å². The summed E-state index contributed by atoms with van der Waals surface area (Å²) in [6.07, 6.45) is -2.89. The number of aromatic nitrogens is 3. The van der Waals surface area contributed by atoms with Gasteiger partial charge in [0.15, 0.2) is 5.65 Å². The Bertz CT molecular complexity index is 571. The first-order valence-electron chi connectivity index (χ1n) is 4.23. The molecule has 17 heavy (non-hydrogen) atoms. The molecule has 2 aromatic rings. The van der Waals surface area contributed by atoms with Crippen molar-refractivity contribution >= 4 is 22.8 Å². The van der Waals surface area contributed by atoms with Crippen molar-refractivity contribution in [3.05, 3.63) is 23.1 Å². The summed E-state index contributed by atoms with van der Waals surface area (Å²) in [5, 5.41) is 9.40. The first kappa shape index (κ1) is 11.9. The van der Waals surface area contributed by atoms with Gasteiger partial charge in [0, 0.05) is 6.20 Å². The van der Waals surface area contributed by atoms with Crippen molar-refractivity contribution in [3.8, 4) is 0 Å². The zero-order valence-electron chi connectivity index (χ0n) is 7.91.